The molecular formula is C30H29F3N8O. The van der Waals surface area contributed by atoms with Gasteiger partial charge in [-0.3, -0.25) is 4.57 Å². The van der Waals surface area contributed by atoms with E-state index >= 15 is 0 Å². The number of amides is 1. The zero-order valence-corrected chi connectivity index (χ0v) is 23.3. The Morgan fingerprint density at radius 3 is 2.62 bits per heavy atom. The number of benzene rings is 1. The van der Waals surface area contributed by atoms with Crippen molar-refractivity contribution in [3.8, 4) is 11.1 Å². The Kier molecular flexibility index (Phi) is 5.12. The van der Waals surface area contributed by atoms with Crippen molar-refractivity contribution < 1.29 is 18.0 Å². The highest BCUT2D eigenvalue weighted by molar-refractivity contribution is 6.04. The molecule has 0 radical (unpaired) electrons. The number of carbonyl (C=O) groups is 1. The van der Waals surface area contributed by atoms with E-state index in [0.29, 0.717) is 48.3 Å². The second kappa shape index (κ2) is 8.52. The second-order valence-corrected chi connectivity index (χ2v) is 11.8. The number of fused-ring (bicyclic) bond motifs is 4. The molecule has 8 rings (SSSR count). The molecule has 0 saturated carbocycles. The fourth-order valence-electron chi connectivity index (χ4n) is 7.30. The van der Waals surface area contributed by atoms with Crippen molar-refractivity contribution in [2.24, 2.45) is 7.05 Å². The standard InChI is InChI=1S/C30H29F3N8O/c1-36-10-5-19-14-23(38-11-6-29(16-38)7-12-41(29)28(42)39-13-8-34-17-39)40-9-3-4-20(26(19)40)24-21(30(31,32)33)15-22-25(27(24)36)35-18-37(22)2/h3-4,8-9,13-15,17-18H,5-7,10-12,16H2,1-2H3. The molecule has 0 aliphatic carbocycles. The molecule has 5 aromatic rings. The molecule has 1 atom stereocenters. The van der Waals surface area contributed by atoms with Gasteiger partial charge < -0.3 is 23.7 Å². The molecule has 0 N–H and O–H groups in total. The lowest BCUT2D eigenvalue weighted by atomic mass is 9.84. The number of aryl methyl sites for hydroxylation is 1. The van der Waals surface area contributed by atoms with Gasteiger partial charge >= 0.3 is 12.2 Å². The Bertz CT molecular complexity index is 1890. The molecule has 42 heavy (non-hydrogen) atoms. The van der Waals surface area contributed by atoms with Crippen molar-refractivity contribution in [3.63, 3.8) is 0 Å². The van der Waals surface area contributed by atoms with Crippen LogP contribution in [0.4, 0.5) is 29.5 Å². The van der Waals surface area contributed by atoms with Crippen molar-refractivity contribution in [1.82, 2.24) is 28.4 Å². The zero-order chi connectivity index (χ0) is 29.0. The van der Waals surface area contributed by atoms with Crippen LogP contribution in [0.1, 0.15) is 24.0 Å². The molecule has 12 heteroatoms. The van der Waals surface area contributed by atoms with E-state index < -0.39 is 11.7 Å². The topological polar surface area (TPSA) is 66.8 Å². The highest BCUT2D eigenvalue weighted by Crippen LogP contribution is 2.49. The van der Waals surface area contributed by atoms with Gasteiger partial charge in [0.25, 0.3) is 0 Å². The van der Waals surface area contributed by atoms with Crippen LogP contribution in [-0.4, -0.2) is 73.2 Å². The summed E-state index contributed by atoms with van der Waals surface area (Å²) in [6, 6.07) is 6.91. The SMILES string of the molecule is CN1CCc2cc(N3CCC4(CCN4C(=O)n4ccnc4)C3)n3cccc(c23)-c2c(C(F)(F)F)cc3c(ncn3C)c21. The van der Waals surface area contributed by atoms with E-state index in [-0.39, 0.29) is 17.1 Å². The Labute approximate surface area is 239 Å². The average Bonchev–Trinajstić information content (AvgIpc) is 3.75. The minimum Gasteiger partial charge on any atom is -0.372 e. The largest absolute Gasteiger partial charge is 0.417 e. The van der Waals surface area contributed by atoms with Gasteiger partial charge in [0, 0.05) is 70.0 Å². The average molecular weight is 575 g/mol. The molecule has 2 saturated heterocycles. The summed E-state index contributed by atoms with van der Waals surface area (Å²) in [6.45, 7) is 2.66. The first-order valence-electron chi connectivity index (χ1n) is 14.1. The number of likely N-dealkylation sites (N-methyl/N-ethyl adjacent to an activating group) is 1. The molecule has 3 aliphatic heterocycles. The van der Waals surface area contributed by atoms with Gasteiger partial charge in [-0.2, -0.15) is 13.2 Å². The summed E-state index contributed by atoms with van der Waals surface area (Å²) in [5, 5.41) is 0. The first-order chi connectivity index (χ1) is 20.2. The maximum atomic E-state index is 14.7. The number of alkyl halides is 3. The van der Waals surface area contributed by atoms with E-state index in [4.69, 9.17) is 0 Å². The van der Waals surface area contributed by atoms with Crippen molar-refractivity contribution in [3.05, 3.63) is 66.6 Å². The Morgan fingerprint density at radius 2 is 1.88 bits per heavy atom. The van der Waals surface area contributed by atoms with Gasteiger partial charge in [-0.05, 0) is 43.0 Å². The minimum absolute atomic E-state index is 0.0744. The van der Waals surface area contributed by atoms with E-state index in [1.54, 1.807) is 36.4 Å². The smallest absolute Gasteiger partial charge is 0.372 e. The van der Waals surface area contributed by atoms with Crippen molar-refractivity contribution in [2.75, 3.05) is 43.0 Å². The molecule has 1 aromatic carbocycles. The number of imidazole rings is 2. The highest BCUT2D eigenvalue weighted by atomic mass is 19.4. The summed E-state index contributed by atoms with van der Waals surface area (Å²) < 4.78 is 49.4. The number of carbonyl (C=O) groups excluding carboxylic acids is 1. The summed E-state index contributed by atoms with van der Waals surface area (Å²) in [7, 11) is 3.57. The molecule has 216 valence electrons. The number of hydrogen-bond donors (Lipinski definition) is 0. The molecule has 9 nitrogen and oxygen atoms in total. The number of rotatable bonds is 1. The number of hydrogen-bond acceptors (Lipinski definition) is 5. The third kappa shape index (κ3) is 3.40. The van der Waals surface area contributed by atoms with Crippen LogP contribution < -0.4 is 9.80 Å². The van der Waals surface area contributed by atoms with Gasteiger partial charge in [0.05, 0.1) is 34.2 Å². The number of pyridine rings is 1. The quantitative estimate of drug-likeness (QED) is 0.281. The summed E-state index contributed by atoms with van der Waals surface area (Å²) in [4.78, 5) is 27.9. The molecule has 1 amide bonds. The zero-order valence-electron chi connectivity index (χ0n) is 23.3. The van der Waals surface area contributed by atoms with Crippen molar-refractivity contribution in [2.45, 2.75) is 31.0 Å². The van der Waals surface area contributed by atoms with E-state index in [0.717, 1.165) is 36.3 Å². The summed E-state index contributed by atoms with van der Waals surface area (Å²) in [5.41, 5.74) is 3.12. The van der Waals surface area contributed by atoms with Gasteiger partial charge in [-0.15, -0.1) is 0 Å². The predicted molar refractivity (Wildman–Crippen MR) is 153 cm³/mol. The molecule has 4 aromatic heterocycles. The minimum atomic E-state index is -4.55. The van der Waals surface area contributed by atoms with E-state index in [2.05, 4.69) is 20.9 Å². The summed E-state index contributed by atoms with van der Waals surface area (Å²) in [6.07, 6.45) is 6.17. The van der Waals surface area contributed by atoms with E-state index in [9.17, 15) is 18.0 Å². The van der Waals surface area contributed by atoms with E-state index in [1.165, 1.54) is 17.0 Å². The van der Waals surface area contributed by atoms with Crippen LogP contribution in [0, 0.1) is 0 Å². The maximum absolute atomic E-state index is 14.7. The molecule has 0 bridgehead atoms. The Morgan fingerprint density at radius 1 is 1.05 bits per heavy atom. The van der Waals surface area contributed by atoms with Crippen molar-refractivity contribution >= 4 is 34.1 Å². The van der Waals surface area contributed by atoms with E-state index in [1.807, 2.05) is 33.5 Å². The lowest BCUT2D eigenvalue weighted by Gasteiger charge is -2.50. The van der Waals surface area contributed by atoms with Crippen LogP contribution in [0.15, 0.2) is 55.5 Å². The van der Waals surface area contributed by atoms with Crippen LogP contribution in [0.5, 0.6) is 0 Å². The van der Waals surface area contributed by atoms with Crippen LogP contribution in [-0.2, 0) is 19.6 Å². The highest BCUT2D eigenvalue weighted by Gasteiger charge is 2.52. The van der Waals surface area contributed by atoms with Gasteiger partial charge in [-0.1, -0.05) is 6.07 Å². The normalized spacial score (nSPS) is 20.4. The Balaban J connectivity index is 1.27. The molecule has 2 fully saturated rings. The first kappa shape index (κ1) is 25.2. The van der Waals surface area contributed by atoms with Crippen LogP contribution in [0.3, 0.4) is 0 Å². The third-order valence-electron chi connectivity index (χ3n) is 9.50. The maximum Gasteiger partial charge on any atom is 0.417 e. The predicted octanol–water partition coefficient (Wildman–Crippen LogP) is 5.02. The Hall–Kier alpha value is -4.48. The molecule has 3 aliphatic rings. The number of nitrogens with zero attached hydrogens (tertiary/aromatic N) is 8. The number of anilines is 2. The fourth-order valence-corrected chi connectivity index (χ4v) is 7.30. The molecule has 1 spiro atoms. The number of halogens is 3. The van der Waals surface area contributed by atoms with Crippen LogP contribution in [0.2, 0.25) is 0 Å². The van der Waals surface area contributed by atoms with Crippen LogP contribution in [0.25, 0.3) is 27.7 Å². The van der Waals surface area contributed by atoms with Crippen LogP contribution >= 0.6 is 0 Å². The monoisotopic (exact) mass is 574 g/mol. The fraction of sp³-hybridized carbons (Fsp3) is 0.367. The summed E-state index contributed by atoms with van der Waals surface area (Å²) in [5.74, 6) is 0.944. The number of likely N-dealkylation sites (tertiary alicyclic amines) is 1. The molecule has 7 heterocycles. The second-order valence-electron chi connectivity index (χ2n) is 11.8. The van der Waals surface area contributed by atoms with Gasteiger partial charge in [0.1, 0.15) is 17.7 Å². The molecule has 1 unspecified atom stereocenters. The summed E-state index contributed by atoms with van der Waals surface area (Å²) >= 11 is 0. The van der Waals surface area contributed by atoms with Gasteiger partial charge in [0.15, 0.2) is 0 Å². The number of aromatic nitrogens is 5. The van der Waals surface area contributed by atoms with Crippen molar-refractivity contribution in [1.29, 1.82) is 0 Å². The third-order valence-corrected chi connectivity index (χ3v) is 9.50. The van der Waals surface area contributed by atoms with Gasteiger partial charge in [0.2, 0.25) is 0 Å². The van der Waals surface area contributed by atoms with Gasteiger partial charge in [-0.25, -0.2) is 14.8 Å². The molecular weight excluding hydrogens is 545 g/mol. The first-order valence-corrected chi connectivity index (χ1v) is 14.1. The lowest BCUT2D eigenvalue weighted by molar-refractivity contribution is -0.137. The lowest BCUT2D eigenvalue weighted by Crippen LogP contribution is -2.64.